The fraction of sp³-hybridized carbons (Fsp3) is 0.440. The minimum atomic E-state index is -1.98. The van der Waals surface area contributed by atoms with E-state index in [0.717, 1.165) is 33.7 Å². The maximum absolute atomic E-state index is 15.5. The predicted octanol–water partition coefficient (Wildman–Crippen LogP) is 0.295. The summed E-state index contributed by atoms with van der Waals surface area (Å²) in [4.78, 5) is 280. The zero-order chi connectivity index (χ0) is 97.2. The molecule has 0 unspecified atom stereocenters. The number of H-pyrrole nitrogens is 1. The van der Waals surface area contributed by atoms with Crippen molar-refractivity contribution in [2.75, 3.05) is 59.8 Å². The standard InChI is InChI=1S/C91H116N16O24S/c1-9-10-30-69-89(129)103(4)49-73(110)95-65(46-78(118)119)84(124)102-79(52(2)3)91(131)106(7)70(43-54-24-16-12-17-25-54)86(126)98-62(36-39-76(114)115)87(127)104(5)68(37-40-77(116)117)85(125)100-64(45-57-47-93-60-29-21-20-28-59(57)60)83(123)99-63(41-56-31-33-58(108)34-32-56)82(122)97-61(35-38-75(112)113)81(121)101-67(80(120)94-48-72(92)109)50-132-51-74(111)96-66(42-53-22-14-11-15-23-53)88(128)107(8)71(90(130)105(69)6)44-55-26-18-13-19-27-55/h11-29,31-34,47,52,61-71,79,93,108H,9-10,30,35-46,48-51H2,1-8H3,(H2,92,109)(H,94,120)(H,95,110)(H,96,111)(H,97,122)(H,98,126)(H,99,123)(H,100,125)(H,101,121)(H,102,124)(H,112,113)(H,114,115)(H,116,117)(H,118,119)/t61-,62-,63-,64-,65-,66-,67-,68-,69-,70-,71-,79-/m0/s1. The number of hydrogen-bond acceptors (Lipinski definition) is 21. The zero-order valence-electron chi connectivity index (χ0n) is 74.5. The first-order valence-electron chi connectivity index (χ1n) is 42.8. The summed E-state index contributed by atoms with van der Waals surface area (Å²) in [5, 5.41) is 74.1. The van der Waals surface area contributed by atoms with Crippen LogP contribution in [0, 0.1) is 5.92 Å². The second-order valence-electron chi connectivity index (χ2n) is 32.6. The lowest BCUT2D eigenvalue weighted by Crippen LogP contribution is -2.62. The van der Waals surface area contributed by atoms with Crippen molar-refractivity contribution in [1.29, 1.82) is 0 Å². The fourth-order valence-electron chi connectivity index (χ4n) is 14.9. The van der Waals surface area contributed by atoms with E-state index in [0.29, 0.717) is 62.7 Å². The molecule has 710 valence electrons. The van der Waals surface area contributed by atoms with E-state index in [1.165, 1.54) is 65.5 Å². The molecule has 7 rings (SSSR count). The number of nitrogens with two attached hydrogens (primary N) is 1. The quantitative estimate of drug-likeness (QED) is 0.0314. The molecule has 0 radical (unpaired) electrons. The van der Waals surface area contributed by atoms with Gasteiger partial charge < -0.3 is 109 Å². The van der Waals surface area contributed by atoms with Crippen molar-refractivity contribution in [3.63, 3.8) is 0 Å². The highest BCUT2D eigenvalue weighted by Gasteiger charge is 2.43. The number of para-hydroxylation sites is 1. The Bertz CT molecular complexity index is 5090. The summed E-state index contributed by atoms with van der Waals surface area (Å²) in [6.45, 7) is 3.12. The van der Waals surface area contributed by atoms with E-state index in [4.69, 9.17) is 5.73 Å². The van der Waals surface area contributed by atoms with Gasteiger partial charge in [0.05, 0.1) is 25.3 Å². The molecule has 1 saturated heterocycles. The van der Waals surface area contributed by atoms with Gasteiger partial charge in [0.25, 0.3) is 0 Å². The Balaban J connectivity index is 1.37. The van der Waals surface area contributed by atoms with Gasteiger partial charge in [-0.2, -0.15) is 0 Å². The number of unbranched alkanes of at least 4 members (excludes halogenated alkanes) is 1. The van der Waals surface area contributed by atoms with Gasteiger partial charge in [0.1, 0.15) is 78.3 Å². The molecule has 5 aromatic carbocycles. The average molecular weight is 1850 g/mol. The zero-order valence-corrected chi connectivity index (χ0v) is 75.3. The Labute approximate surface area is 765 Å². The molecule has 1 aliphatic heterocycles. The highest BCUT2D eigenvalue weighted by atomic mass is 32.2. The highest BCUT2D eigenvalue weighted by Crippen LogP contribution is 2.25. The van der Waals surface area contributed by atoms with Crippen LogP contribution in [0.1, 0.15) is 113 Å². The predicted molar refractivity (Wildman–Crippen MR) is 480 cm³/mol. The number of carboxylic acid groups (broad SMARTS) is 4. The Morgan fingerprint density at radius 3 is 1.46 bits per heavy atom. The number of fused-ring (bicyclic) bond motifs is 1. The number of aromatic hydroxyl groups is 1. The number of thioether (sulfide) groups is 1. The highest BCUT2D eigenvalue weighted by molar-refractivity contribution is 8.00. The van der Waals surface area contributed by atoms with E-state index in [1.54, 1.807) is 115 Å². The summed E-state index contributed by atoms with van der Waals surface area (Å²) in [6.07, 6.45) is -5.27. The number of carbonyl (C=O) groups is 19. The topological polar surface area (TPSA) is 592 Å². The third-order valence-corrected chi connectivity index (χ3v) is 23.3. The van der Waals surface area contributed by atoms with Crippen LogP contribution in [0.2, 0.25) is 0 Å². The van der Waals surface area contributed by atoms with Crippen molar-refractivity contribution < 1.29 is 117 Å². The first-order valence-corrected chi connectivity index (χ1v) is 44.0. The molecule has 132 heavy (non-hydrogen) atoms. The van der Waals surface area contributed by atoms with E-state index < -0.39 is 273 Å². The summed E-state index contributed by atoms with van der Waals surface area (Å²) in [6, 6.07) is 15.9. The van der Waals surface area contributed by atoms with Gasteiger partial charge in [-0.1, -0.05) is 155 Å². The number of phenolic OH excluding ortho intramolecular Hbond substituents is 1. The fourth-order valence-corrected chi connectivity index (χ4v) is 15.7. The SMILES string of the molecule is CCCC[C@H]1C(=O)N(C)CC(=O)N[C@@H](CC(=O)O)C(=O)N[C@@H](C(C)C)C(=O)N(C)[C@@H](Cc2ccccc2)C(=O)N[C@@H](CCC(=O)O)C(=O)N(C)[C@@H](CCC(=O)O)C(=O)N[C@@H](Cc2c[nH]c3ccccc23)C(=O)N[C@@H](Cc2ccc(O)cc2)C(=O)N[C@@H](CCC(=O)O)C(=O)N[C@H](C(=O)NCC(N)=O)CSCC(=O)N[C@@H](Cc2ccccc2)C(=O)N(C)[C@@H](Cc2ccccc2)C(=O)N1C. The Kier molecular flexibility index (Phi) is 40.6. The number of aliphatic carboxylic acids is 4. The van der Waals surface area contributed by atoms with Gasteiger partial charge in [0, 0.05) is 109 Å². The van der Waals surface area contributed by atoms with Crippen LogP contribution in [0.5, 0.6) is 5.75 Å². The molecule has 41 heteroatoms. The third-order valence-electron chi connectivity index (χ3n) is 22.2. The number of nitrogens with zero attached hydrogens (tertiary/aromatic N) is 5. The molecule has 1 aromatic heterocycles. The number of carbonyl (C=O) groups excluding carboxylic acids is 15. The lowest BCUT2D eigenvalue weighted by Gasteiger charge is -2.37. The molecule has 2 heterocycles. The number of nitrogens with one attached hydrogen (secondary N) is 10. The van der Waals surface area contributed by atoms with Crippen LogP contribution in [0.25, 0.3) is 10.9 Å². The summed E-state index contributed by atoms with van der Waals surface area (Å²) < 4.78 is 0. The normalized spacial score (nSPS) is 22.1. The molecule has 1 aliphatic rings. The molecule has 1 fully saturated rings. The molecule has 0 aliphatic carbocycles. The first kappa shape index (κ1) is 105. The number of aromatic nitrogens is 1. The number of rotatable bonds is 28. The molecular weight excluding hydrogens is 1730 g/mol. The van der Waals surface area contributed by atoms with E-state index in [9.17, 15) is 78.3 Å². The van der Waals surface area contributed by atoms with E-state index in [1.807, 2.05) is 6.92 Å². The van der Waals surface area contributed by atoms with Crippen LogP contribution in [-0.4, -0.2) is 300 Å². The van der Waals surface area contributed by atoms with Crippen molar-refractivity contribution in [2.24, 2.45) is 11.7 Å². The lowest BCUT2D eigenvalue weighted by atomic mass is 9.98. The van der Waals surface area contributed by atoms with Gasteiger partial charge >= 0.3 is 23.9 Å². The van der Waals surface area contributed by atoms with Crippen molar-refractivity contribution in [3.8, 4) is 5.75 Å². The molecule has 0 bridgehead atoms. The Morgan fingerprint density at radius 1 is 0.439 bits per heavy atom. The van der Waals surface area contributed by atoms with Gasteiger partial charge in [-0.05, 0) is 77.6 Å². The number of aromatic amines is 1. The average Bonchev–Trinajstić information content (AvgIpc) is 1.47. The smallest absolute Gasteiger partial charge is 0.305 e. The van der Waals surface area contributed by atoms with Gasteiger partial charge in [-0.3, -0.25) is 91.1 Å². The van der Waals surface area contributed by atoms with E-state index >= 15 is 38.4 Å². The summed E-state index contributed by atoms with van der Waals surface area (Å²) >= 11 is 0.707. The van der Waals surface area contributed by atoms with E-state index in [2.05, 4.69) is 52.8 Å². The first-order chi connectivity index (χ1) is 62.6. The maximum atomic E-state index is 15.5. The van der Waals surface area contributed by atoms with Crippen molar-refractivity contribution in [1.82, 2.24) is 77.3 Å². The van der Waals surface area contributed by atoms with Crippen molar-refractivity contribution >= 4 is 135 Å². The molecule has 0 saturated carbocycles. The van der Waals surface area contributed by atoms with Gasteiger partial charge in [-0.15, -0.1) is 11.8 Å². The van der Waals surface area contributed by atoms with Crippen LogP contribution < -0.4 is 53.6 Å². The molecular formula is C91H116N16O24S. The number of benzene rings is 5. The molecule has 12 atom stereocenters. The molecule has 6 aromatic rings. The molecule has 40 nitrogen and oxygen atoms in total. The van der Waals surface area contributed by atoms with Crippen LogP contribution in [-0.2, 0) is 123 Å². The van der Waals surface area contributed by atoms with Crippen LogP contribution in [0.15, 0.2) is 146 Å². The lowest BCUT2D eigenvalue weighted by molar-refractivity contribution is -0.151. The number of amides is 15. The third kappa shape index (κ3) is 32.1. The number of likely N-dealkylation sites (N-methyl/N-ethyl adjacent to an activating group) is 5. The van der Waals surface area contributed by atoms with Gasteiger partial charge in [0.2, 0.25) is 88.6 Å². The summed E-state index contributed by atoms with van der Waals surface area (Å²) in [5.74, 6) is -24.4. The number of phenols is 1. The van der Waals surface area contributed by atoms with Crippen molar-refractivity contribution in [3.05, 3.63) is 174 Å². The minimum absolute atomic E-state index is 0.0174. The summed E-state index contributed by atoms with van der Waals surface area (Å²) in [5.41, 5.74) is 7.99. The van der Waals surface area contributed by atoms with Crippen LogP contribution in [0.4, 0.5) is 0 Å². The molecule has 17 N–H and O–H groups in total. The number of hydrogen-bond donors (Lipinski definition) is 16. The summed E-state index contributed by atoms with van der Waals surface area (Å²) in [7, 11) is 6.05. The number of primary amides is 1. The number of carboxylic acids is 4. The van der Waals surface area contributed by atoms with Crippen LogP contribution in [0.3, 0.4) is 0 Å². The maximum Gasteiger partial charge on any atom is 0.305 e. The second-order valence-corrected chi connectivity index (χ2v) is 33.6. The minimum Gasteiger partial charge on any atom is -0.508 e. The Hall–Kier alpha value is -14.3. The second kappa shape index (κ2) is 51.2. The van der Waals surface area contributed by atoms with Gasteiger partial charge in [0.15, 0.2) is 0 Å². The largest absolute Gasteiger partial charge is 0.508 e. The van der Waals surface area contributed by atoms with E-state index in [-0.39, 0.29) is 37.0 Å². The Morgan fingerprint density at radius 2 is 0.894 bits per heavy atom. The monoisotopic (exact) mass is 1850 g/mol. The van der Waals surface area contributed by atoms with Crippen molar-refractivity contribution in [2.45, 2.75) is 190 Å². The molecule has 15 amide bonds. The van der Waals surface area contributed by atoms with Crippen LogP contribution >= 0.6 is 11.8 Å². The van der Waals surface area contributed by atoms with Gasteiger partial charge in [-0.25, -0.2) is 0 Å². The molecule has 0 spiro atoms.